The summed E-state index contributed by atoms with van der Waals surface area (Å²) in [4.78, 5) is 29.4. The molecule has 6 heteroatoms. The number of nitrogens with zero attached hydrogens (tertiary/aromatic N) is 1. The molecular weight excluding hydrogens is 494 g/mol. The second kappa shape index (κ2) is 8.85. The van der Waals surface area contributed by atoms with Crippen molar-refractivity contribution in [3.05, 3.63) is 44.7 Å². The van der Waals surface area contributed by atoms with Gasteiger partial charge >= 0.3 is 0 Å². The van der Waals surface area contributed by atoms with Crippen molar-refractivity contribution in [2.75, 3.05) is 20.8 Å². The van der Waals surface area contributed by atoms with Gasteiger partial charge in [-0.15, -0.1) is 0 Å². The molecule has 1 aromatic carbocycles. The van der Waals surface area contributed by atoms with Crippen molar-refractivity contribution in [2.45, 2.75) is 72.6 Å². The number of methoxy groups -OCH3 is 1. The highest BCUT2D eigenvalue weighted by atomic mass is 79.9. The second-order valence-corrected chi connectivity index (χ2v) is 12.3. The molecule has 0 amide bonds. The molecule has 2 aliphatic carbocycles. The topological polar surface area (TPSA) is 55.8 Å². The summed E-state index contributed by atoms with van der Waals surface area (Å²) < 4.78 is 12.4. The lowest BCUT2D eigenvalue weighted by Crippen LogP contribution is -2.43. The summed E-state index contributed by atoms with van der Waals surface area (Å²) in [6.07, 6.45) is 3.46. The second-order valence-electron chi connectivity index (χ2n) is 11.5. The zero-order valence-corrected chi connectivity index (χ0v) is 23.0. The van der Waals surface area contributed by atoms with Crippen LogP contribution in [0.5, 0.6) is 11.5 Å². The minimum atomic E-state index is -0.390. The van der Waals surface area contributed by atoms with Gasteiger partial charge in [-0.2, -0.15) is 0 Å². The molecule has 0 spiro atoms. The van der Waals surface area contributed by atoms with E-state index < -0.39 is 0 Å². The van der Waals surface area contributed by atoms with E-state index in [-0.39, 0.29) is 28.3 Å². The maximum atomic E-state index is 13.6. The third kappa shape index (κ3) is 4.34. The Labute approximate surface area is 211 Å². The minimum Gasteiger partial charge on any atom is -0.493 e. The van der Waals surface area contributed by atoms with E-state index in [0.717, 1.165) is 51.8 Å². The molecule has 0 bridgehead atoms. The molecule has 0 unspecified atom stereocenters. The smallest absolute Gasteiger partial charge is 0.175 e. The third-order valence-corrected chi connectivity index (χ3v) is 7.80. The molecule has 0 atom stereocenters. The Morgan fingerprint density at radius 1 is 0.971 bits per heavy atom. The molecule has 4 rings (SSSR count). The average Bonchev–Trinajstić information content (AvgIpc) is 2.72. The van der Waals surface area contributed by atoms with Crippen LogP contribution in [0.1, 0.15) is 78.2 Å². The van der Waals surface area contributed by atoms with E-state index in [1.807, 2.05) is 19.2 Å². The number of carbonyl (C=O) groups excluding carboxylic acids is 2. The first kappa shape index (κ1) is 25.0. The highest BCUT2D eigenvalue weighted by Crippen LogP contribution is 2.55. The average molecular weight is 531 g/mol. The van der Waals surface area contributed by atoms with Crippen LogP contribution in [0.15, 0.2) is 39.1 Å². The van der Waals surface area contributed by atoms with Crippen LogP contribution in [0.2, 0.25) is 0 Å². The van der Waals surface area contributed by atoms with E-state index >= 15 is 0 Å². The fourth-order valence-electron chi connectivity index (χ4n) is 5.75. The van der Waals surface area contributed by atoms with Crippen LogP contribution in [0.3, 0.4) is 0 Å². The number of halogens is 1. The van der Waals surface area contributed by atoms with E-state index in [0.29, 0.717) is 30.9 Å². The van der Waals surface area contributed by atoms with Crippen molar-refractivity contribution in [2.24, 2.45) is 10.8 Å². The highest BCUT2D eigenvalue weighted by molar-refractivity contribution is 9.10. The molecule has 0 N–H and O–H groups in total. The van der Waals surface area contributed by atoms with Gasteiger partial charge in [0.15, 0.2) is 23.1 Å². The number of ketones is 2. The van der Waals surface area contributed by atoms with Crippen LogP contribution in [0.25, 0.3) is 0 Å². The predicted octanol–water partition coefficient (Wildman–Crippen LogP) is 6.56. The Bertz CT molecular complexity index is 1060. The van der Waals surface area contributed by atoms with Crippen LogP contribution in [0.4, 0.5) is 0 Å². The fourth-order valence-corrected chi connectivity index (χ4v) is 6.32. The molecule has 0 saturated carbocycles. The van der Waals surface area contributed by atoms with Crippen molar-refractivity contribution in [1.29, 1.82) is 0 Å². The first-order valence-corrected chi connectivity index (χ1v) is 12.9. The maximum Gasteiger partial charge on any atom is 0.175 e. The lowest BCUT2D eigenvalue weighted by molar-refractivity contribution is -0.119. The Morgan fingerprint density at radius 3 is 1.97 bits per heavy atom. The van der Waals surface area contributed by atoms with Gasteiger partial charge in [-0.3, -0.25) is 9.59 Å². The monoisotopic (exact) mass is 529 g/mol. The van der Waals surface area contributed by atoms with E-state index in [1.165, 1.54) is 0 Å². The Morgan fingerprint density at radius 2 is 1.50 bits per heavy atom. The summed E-state index contributed by atoms with van der Waals surface area (Å²) in [5.74, 6) is 1.13. The molecule has 1 aliphatic heterocycles. The van der Waals surface area contributed by atoms with Gasteiger partial charge in [0.1, 0.15) is 0 Å². The van der Waals surface area contributed by atoms with Gasteiger partial charge in [-0.05, 0) is 63.7 Å². The van der Waals surface area contributed by atoms with Gasteiger partial charge in [0.25, 0.3) is 0 Å². The first-order valence-electron chi connectivity index (χ1n) is 12.2. The molecule has 1 heterocycles. The van der Waals surface area contributed by atoms with Gasteiger partial charge in [0.2, 0.25) is 0 Å². The number of Topliss-reactive ketones (excluding diaryl/α,β-unsaturated/α-hetero) is 2. The van der Waals surface area contributed by atoms with Gasteiger partial charge in [-0.25, -0.2) is 0 Å². The maximum absolute atomic E-state index is 13.6. The largest absolute Gasteiger partial charge is 0.493 e. The molecule has 5 nitrogen and oxygen atoms in total. The first-order chi connectivity index (χ1) is 15.9. The zero-order valence-electron chi connectivity index (χ0n) is 21.4. The number of benzene rings is 1. The van der Waals surface area contributed by atoms with Gasteiger partial charge < -0.3 is 14.4 Å². The quantitative estimate of drug-likeness (QED) is 0.432. The molecule has 0 aromatic heterocycles. The molecule has 1 aromatic rings. The Kier molecular flexibility index (Phi) is 6.52. The van der Waals surface area contributed by atoms with E-state index in [2.05, 4.69) is 55.4 Å². The molecule has 0 radical (unpaired) electrons. The van der Waals surface area contributed by atoms with Crippen LogP contribution < -0.4 is 9.47 Å². The molecule has 0 saturated heterocycles. The number of carbonyl (C=O) groups is 2. The van der Waals surface area contributed by atoms with Crippen molar-refractivity contribution >= 4 is 27.5 Å². The lowest BCUT2D eigenvalue weighted by atomic mass is 9.64. The van der Waals surface area contributed by atoms with Gasteiger partial charge in [0, 0.05) is 48.3 Å². The lowest BCUT2D eigenvalue weighted by Gasteiger charge is -2.48. The van der Waals surface area contributed by atoms with Crippen LogP contribution in [-0.4, -0.2) is 37.2 Å². The van der Waals surface area contributed by atoms with Crippen molar-refractivity contribution in [3.63, 3.8) is 0 Å². The summed E-state index contributed by atoms with van der Waals surface area (Å²) >= 11 is 3.67. The fraction of sp³-hybridized carbons (Fsp3) is 0.571. The van der Waals surface area contributed by atoms with Crippen LogP contribution in [0, 0.1) is 10.8 Å². The summed E-state index contributed by atoms with van der Waals surface area (Å²) in [5.41, 5.74) is 4.30. The number of hydrogen-bond acceptors (Lipinski definition) is 5. The third-order valence-electron chi connectivity index (χ3n) is 7.22. The SMILES string of the molecule is CCCOc1c(Br)cc(C2C3=C(CC(C)(C)CC3=O)N(C)C3=C2C(=O)CC(C)(C)C3)cc1OC. The molecule has 184 valence electrons. The number of hydrogen-bond donors (Lipinski definition) is 0. The van der Waals surface area contributed by atoms with Crippen molar-refractivity contribution in [3.8, 4) is 11.5 Å². The molecule has 3 aliphatic rings. The van der Waals surface area contributed by atoms with Gasteiger partial charge in [0.05, 0.1) is 18.2 Å². The van der Waals surface area contributed by atoms with Crippen LogP contribution >= 0.6 is 15.9 Å². The molecular formula is C28H36BrNO4. The summed E-state index contributed by atoms with van der Waals surface area (Å²) in [7, 11) is 3.65. The summed E-state index contributed by atoms with van der Waals surface area (Å²) in [6.45, 7) is 11.2. The molecule has 0 fully saturated rings. The van der Waals surface area contributed by atoms with Crippen molar-refractivity contribution in [1.82, 2.24) is 4.90 Å². The van der Waals surface area contributed by atoms with E-state index in [4.69, 9.17) is 9.47 Å². The number of ether oxygens (including phenoxy) is 2. The Balaban J connectivity index is 1.95. The van der Waals surface area contributed by atoms with E-state index in [9.17, 15) is 9.59 Å². The number of rotatable bonds is 5. The minimum absolute atomic E-state index is 0.114. The predicted molar refractivity (Wildman–Crippen MR) is 137 cm³/mol. The zero-order chi connectivity index (χ0) is 25.0. The van der Waals surface area contributed by atoms with Crippen LogP contribution in [-0.2, 0) is 9.59 Å². The summed E-state index contributed by atoms with van der Waals surface area (Å²) in [6, 6.07) is 3.94. The number of allylic oxidation sites excluding steroid dienone is 4. The van der Waals surface area contributed by atoms with Gasteiger partial charge in [-0.1, -0.05) is 34.6 Å². The van der Waals surface area contributed by atoms with Crippen molar-refractivity contribution < 1.29 is 19.1 Å². The van der Waals surface area contributed by atoms with E-state index in [1.54, 1.807) is 7.11 Å². The summed E-state index contributed by atoms with van der Waals surface area (Å²) in [5, 5.41) is 0. The standard InChI is InChI=1S/C28H36BrNO4/c1-8-9-34-26-17(29)10-16(11-22(26)33-7)23-24-18(12-27(2,3)14-20(24)31)30(6)19-13-28(4,5)15-21(32)25(19)23/h10-11,23H,8-9,12-15H2,1-7H3. The highest BCUT2D eigenvalue weighted by Gasteiger charge is 2.48. The Hall–Kier alpha value is -2.08. The normalized spacial score (nSPS) is 22.1. The molecule has 34 heavy (non-hydrogen) atoms.